The summed E-state index contributed by atoms with van der Waals surface area (Å²) < 4.78 is 10.6. The molecule has 0 amide bonds. The van der Waals surface area contributed by atoms with E-state index in [0.29, 0.717) is 18.8 Å². The minimum absolute atomic E-state index is 0.141. The fraction of sp³-hybridized carbons (Fsp3) is 0.727. The Balaban J connectivity index is 2.46. The van der Waals surface area contributed by atoms with Gasteiger partial charge in [0.25, 0.3) is 0 Å². The largest absolute Gasteiger partial charge is 0.443 e. The van der Waals surface area contributed by atoms with E-state index >= 15 is 0 Å². The smallest absolute Gasteiger partial charge is 0.334 e. The van der Waals surface area contributed by atoms with Crippen LogP contribution in [0.15, 0.2) is 12.2 Å². The highest BCUT2D eigenvalue weighted by atomic mass is 16.6. The number of esters is 1. The topological polar surface area (TPSA) is 38.8 Å². The van der Waals surface area contributed by atoms with Crippen LogP contribution in [0.5, 0.6) is 0 Å². The fourth-order valence-electron chi connectivity index (χ4n) is 1.51. The average Bonchev–Trinajstić information content (AvgIpc) is 2.26. The summed E-state index contributed by atoms with van der Waals surface area (Å²) in [4.78, 5) is 13.5. The second-order valence-electron chi connectivity index (χ2n) is 3.70. The third kappa shape index (κ3) is 3.64. The van der Waals surface area contributed by atoms with Crippen LogP contribution in [0.25, 0.3) is 0 Å². The normalized spacial score (nSPS) is 19.6. The summed E-state index contributed by atoms with van der Waals surface area (Å²) in [6.07, 6.45) is 0.650. The Morgan fingerprint density at radius 3 is 2.60 bits per heavy atom. The third-order valence-electron chi connectivity index (χ3n) is 2.39. The van der Waals surface area contributed by atoms with Crippen molar-refractivity contribution in [1.82, 2.24) is 4.90 Å². The molecular formula is C11H19NO3. The van der Waals surface area contributed by atoms with Crippen LogP contribution in [0.2, 0.25) is 0 Å². The first-order valence-electron chi connectivity index (χ1n) is 5.33. The molecule has 1 fully saturated rings. The van der Waals surface area contributed by atoms with Crippen molar-refractivity contribution in [1.29, 1.82) is 0 Å². The van der Waals surface area contributed by atoms with Crippen LogP contribution < -0.4 is 0 Å². The van der Waals surface area contributed by atoms with Crippen molar-refractivity contribution < 1.29 is 14.3 Å². The van der Waals surface area contributed by atoms with Crippen molar-refractivity contribution in [3.05, 3.63) is 12.2 Å². The molecule has 0 radical (unpaired) electrons. The lowest BCUT2D eigenvalue weighted by molar-refractivity contribution is -0.159. The van der Waals surface area contributed by atoms with E-state index in [2.05, 4.69) is 11.5 Å². The maximum absolute atomic E-state index is 11.4. The number of carbonyl (C=O) groups is 1. The summed E-state index contributed by atoms with van der Waals surface area (Å²) in [5, 5.41) is 0. The van der Waals surface area contributed by atoms with Crippen LogP contribution >= 0.6 is 0 Å². The second kappa shape index (κ2) is 5.88. The van der Waals surface area contributed by atoms with Gasteiger partial charge in [0.1, 0.15) is 0 Å². The Morgan fingerprint density at radius 1 is 1.53 bits per heavy atom. The summed E-state index contributed by atoms with van der Waals surface area (Å²) in [6.45, 7) is 10.3. The molecule has 0 aromatic carbocycles. The lowest BCUT2D eigenvalue weighted by atomic mass is 10.3. The summed E-state index contributed by atoms with van der Waals surface area (Å²) >= 11 is 0. The van der Waals surface area contributed by atoms with Crippen molar-refractivity contribution in [3.8, 4) is 0 Å². The predicted octanol–water partition coefficient (Wildman–Crippen LogP) is 1.17. The number of nitrogens with zero attached hydrogens (tertiary/aromatic N) is 1. The minimum atomic E-state index is -0.312. The molecule has 1 aliphatic rings. The van der Waals surface area contributed by atoms with Gasteiger partial charge in [-0.1, -0.05) is 13.5 Å². The Bertz CT molecular complexity index is 234. The first-order chi connectivity index (χ1) is 7.15. The Hall–Kier alpha value is -0.870. The second-order valence-corrected chi connectivity index (χ2v) is 3.70. The lowest BCUT2D eigenvalue weighted by Crippen LogP contribution is -2.45. The molecule has 4 heteroatoms. The van der Waals surface area contributed by atoms with Gasteiger partial charge in [0, 0.05) is 18.7 Å². The summed E-state index contributed by atoms with van der Waals surface area (Å²) in [6, 6.07) is 0. The van der Waals surface area contributed by atoms with Gasteiger partial charge >= 0.3 is 5.97 Å². The fourth-order valence-corrected chi connectivity index (χ4v) is 1.51. The van der Waals surface area contributed by atoms with Crippen molar-refractivity contribution in [2.75, 3.05) is 26.3 Å². The molecule has 0 spiro atoms. The van der Waals surface area contributed by atoms with E-state index in [0.717, 1.165) is 19.5 Å². The van der Waals surface area contributed by atoms with Gasteiger partial charge in [0.2, 0.25) is 0 Å². The molecule has 15 heavy (non-hydrogen) atoms. The molecule has 0 bridgehead atoms. The van der Waals surface area contributed by atoms with E-state index < -0.39 is 0 Å². The highest BCUT2D eigenvalue weighted by Crippen LogP contribution is 2.10. The monoisotopic (exact) mass is 213 g/mol. The molecule has 1 heterocycles. The molecule has 1 rings (SSSR count). The van der Waals surface area contributed by atoms with Crippen LogP contribution in [0.1, 0.15) is 20.3 Å². The van der Waals surface area contributed by atoms with Crippen LogP contribution in [-0.4, -0.2) is 43.4 Å². The standard InChI is InChI=1S/C11H19NO3/c1-4-10(15-11(13)9(2)3)12-5-7-14-8-6-12/h10H,2,4-8H2,1,3H3. The maximum atomic E-state index is 11.4. The molecule has 1 saturated heterocycles. The van der Waals surface area contributed by atoms with E-state index in [1.807, 2.05) is 6.92 Å². The molecule has 0 aromatic rings. The predicted molar refractivity (Wildman–Crippen MR) is 57.4 cm³/mol. The molecule has 0 saturated carbocycles. The Labute approximate surface area is 90.8 Å². The van der Waals surface area contributed by atoms with Gasteiger partial charge in [-0.3, -0.25) is 4.90 Å². The number of ether oxygens (including phenoxy) is 2. The van der Waals surface area contributed by atoms with Crippen molar-refractivity contribution in [2.24, 2.45) is 0 Å². The maximum Gasteiger partial charge on any atom is 0.334 e. The molecule has 1 unspecified atom stereocenters. The van der Waals surface area contributed by atoms with E-state index in [1.54, 1.807) is 6.92 Å². The minimum Gasteiger partial charge on any atom is -0.443 e. The molecular weight excluding hydrogens is 194 g/mol. The van der Waals surface area contributed by atoms with Crippen LogP contribution in [-0.2, 0) is 14.3 Å². The SMILES string of the molecule is C=C(C)C(=O)OC(CC)N1CCOCC1. The lowest BCUT2D eigenvalue weighted by Gasteiger charge is -2.33. The van der Waals surface area contributed by atoms with Gasteiger partial charge in [-0.25, -0.2) is 4.79 Å². The molecule has 1 atom stereocenters. The summed E-state index contributed by atoms with van der Waals surface area (Å²) in [7, 11) is 0. The number of carbonyl (C=O) groups excluding carboxylic acids is 1. The van der Waals surface area contributed by atoms with Gasteiger partial charge < -0.3 is 9.47 Å². The molecule has 0 aromatic heterocycles. The van der Waals surface area contributed by atoms with Crippen LogP contribution in [0.4, 0.5) is 0 Å². The van der Waals surface area contributed by atoms with Gasteiger partial charge in [-0.05, 0) is 13.3 Å². The van der Waals surface area contributed by atoms with Gasteiger partial charge in [0.15, 0.2) is 6.23 Å². The molecule has 0 aliphatic carbocycles. The zero-order valence-corrected chi connectivity index (χ0v) is 9.49. The third-order valence-corrected chi connectivity index (χ3v) is 2.39. The van der Waals surface area contributed by atoms with Crippen molar-refractivity contribution in [3.63, 3.8) is 0 Å². The average molecular weight is 213 g/mol. The first kappa shape index (κ1) is 12.2. The van der Waals surface area contributed by atoms with E-state index in [-0.39, 0.29) is 12.2 Å². The Kier molecular flexibility index (Phi) is 4.78. The number of rotatable bonds is 4. The summed E-state index contributed by atoms with van der Waals surface area (Å²) in [5.74, 6) is -0.312. The highest BCUT2D eigenvalue weighted by molar-refractivity contribution is 5.87. The number of morpholine rings is 1. The van der Waals surface area contributed by atoms with Crippen molar-refractivity contribution in [2.45, 2.75) is 26.5 Å². The molecule has 4 nitrogen and oxygen atoms in total. The van der Waals surface area contributed by atoms with E-state index in [9.17, 15) is 4.79 Å². The van der Waals surface area contributed by atoms with Gasteiger partial charge in [0.05, 0.1) is 13.2 Å². The van der Waals surface area contributed by atoms with Crippen molar-refractivity contribution >= 4 is 5.97 Å². The van der Waals surface area contributed by atoms with Gasteiger partial charge in [-0.15, -0.1) is 0 Å². The number of hydrogen-bond acceptors (Lipinski definition) is 4. The van der Waals surface area contributed by atoms with Crippen LogP contribution in [0.3, 0.4) is 0 Å². The first-order valence-corrected chi connectivity index (χ1v) is 5.33. The van der Waals surface area contributed by atoms with E-state index in [1.165, 1.54) is 0 Å². The van der Waals surface area contributed by atoms with E-state index in [4.69, 9.17) is 9.47 Å². The quantitative estimate of drug-likeness (QED) is 0.519. The summed E-state index contributed by atoms with van der Waals surface area (Å²) in [5.41, 5.74) is 0.446. The van der Waals surface area contributed by atoms with Crippen LogP contribution in [0, 0.1) is 0 Å². The molecule has 1 aliphatic heterocycles. The molecule has 86 valence electrons. The Morgan fingerprint density at radius 2 is 2.13 bits per heavy atom. The zero-order valence-electron chi connectivity index (χ0n) is 9.49. The number of hydrogen-bond donors (Lipinski definition) is 0. The van der Waals surface area contributed by atoms with Gasteiger partial charge in [-0.2, -0.15) is 0 Å². The molecule has 0 N–H and O–H groups in total. The zero-order chi connectivity index (χ0) is 11.3. The highest BCUT2D eigenvalue weighted by Gasteiger charge is 2.22.